The van der Waals surface area contributed by atoms with Crippen LogP contribution < -0.4 is 11.1 Å². The van der Waals surface area contributed by atoms with Crippen molar-refractivity contribution in [3.05, 3.63) is 42.4 Å². The number of amides is 1. The van der Waals surface area contributed by atoms with Crippen LogP contribution in [0.4, 0.5) is 5.69 Å². The minimum atomic E-state index is -0.0241. The lowest BCUT2D eigenvalue weighted by Crippen LogP contribution is -2.36. The fraction of sp³-hybridized carbons (Fsp3) is 0.450. The lowest BCUT2D eigenvalue weighted by Gasteiger charge is -2.35. The Hall–Kier alpha value is -1.98. The number of nitrogens with one attached hydrogen (secondary N) is 1. The van der Waals surface area contributed by atoms with Crippen molar-refractivity contribution >= 4 is 24.0 Å². The van der Waals surface area contributed by atoms with Crippen LogP contribution in [0.2, 0.25) is 0 Å². The molecule has 5 nitrogen and oxygen atoms in total. The van der Waals surface area contributed by atoms with E-state index in [0.717, 1.165) is 35.6 Å². The Balaban J connectivity index is 0.00000243. The van der Waals surface area contributed by atoms with Crippen LogP contribution in [0.25, 0.3) is 11.3 Å². The lowest BCUT2D eigenvalue weighted by atomic mass is 9.71. The number of hydrogen-bond acceptors (Lipinski definition) is 4. The Bertz CT molecular complexity index is 744. The summed E-state index contributed by atoms with van der Waals surface area (Å²) in [5.41, 5.74) is 8.59. The second-order valence-electron chi connectivity index (χ2n) is 7.06. The Kier molecular flexibility index (Phi) is 7.12. The number of halogens is 1. The summed E-state index contributed by atoms with van der Waals surface area (Å²) in [5, 5.41) is 3.04. The number of aromatic nitrogens is 2. The standard InChI is InChI=1S/C20H26N4O.ClH/c1-15-22-11-8-18(23-15)16-6-5-7-17(12-16)24-19(25)13-20(14-21)9-3-2-4-10-20;/h5-8,11-12H,2-4,9-10,13-14,21H2,1H3,(H,24,25);1H. The number of nitrogens with two attached hydrogens (primary N) is 1. The van der Waals surface area contributed by atoms with Gasteiger partial charge in [-0.2, -0.15) is 0 Å². The summed E-state index contributed by atoms with van der Waals surface area (Å²) in [6.07, 6.45) is 7.95. The van der Waals surface area contributed by atoms with E-state index >= 15 is 0 Å². The summed E-state index contributed by atoms with van der Waals surface area (Å²) < 4.78 is 0. The zero-order chi connectivity index (χ0) is 17.7. The lowest BCUT2D eigenvalue weighted by molar-refractivity contribution is -0.118. The van der Waals surface area contributed by atoms with Gasteiger partial charge < -0.3 is 11.1 Å². The Morgan fingerprint density at radius 2 is 2.00 bits per heavy atom. The second kappa shape index (κ2) is 9.10. The molecule has 0 spiro atoms. The predicted molar refractivity (Wildman–Crippen MR) is 107 cm³/mol. The van der Waals surface area contributed by atoms with Gasteiger partial charge in [0.1, 0.15) is 5.82 Å². The highest BCUT2D eigenvalue weighted by Gasteiger charge is 2.32. The topological polar surface area (TPSA) is 80.9 Å². The molecular formula is C20H27ClN4O. The molecular weight excluding hydrogens is 348 g/mol. The average Bonchev–Trinajstić information content (AvgIpc) is 2.62. The third kappa shape index (κ3) is 5.02. The van der Waals surface area contributed by atoms with E-state index in [1.165, 1.54) is 19.3 Å². The minimum Gasteiger partial charge on any atom is -0.330 e. The number of hydrogen-bond donors (Lipinski definition) is 2. The first-order valence-corrected chi connectivity index (χ1v) is 9.00. The quantitative estimate of drug-likeness (QED) is 0.825. The van der Waals surface area contributed by atoms with Crippen molar-refractivity contribution in [2.24, 2.45) is 11.1 Å². The van der Waals surface area contributed by atoms with Crippen LogP contribution in [0.3, 0.4) is 0 Å². The van der Waals surface area contributed by atoms with E-state index in [0.29, 0.717) is 13.0 Å². The van der Waals surface area contributed by atoms with Gasteiger partial charge in [-0.3, -0.25) is 4.79 Å². The normalized spacial score (nSPS) is 15.8. The molecule has 1 amide bonds. The predicted octanol–water partition coefficient (Wildman–Crippen LogP) is 4.11. The highest BCUT2D eigenvalue weighted by atomic mass is 35.5. The van der Waals surface area contributed by atoms with Crippen LogP contribution >= 0.6 is 12.4 Å². The first-order chi connectivity index (χ1) is 12.1. The zero-order valence-corrected chi connectivity index (χ0v) is 16.0. The molecule has 6 heteroatoms. The molecule has 1 fully saturated rings. The number of anilines is 1. The Labute approximate surface area is 161 Å². The first-order valence-electron chi connectivity index (χ1n) is 9.00. The van der Waals surface area contributed by atoms with E-state index in [2.05, 4.69) is 15.3 Å². The van der Waals surface area contributed by atoms with Crippen molar-refractivity contribution in [1.29, 1.82) is 0 Å². The fourth-order valence-electron chi connectivity index (χ4n) is 3.67. The van der Waals surface area contributed by atoms with Gasteiger partial charge in [-0.1, -0.05) is 31.4 Å². The van der Waals surface area contributed by atoms with Gasteiger partial charge in [0.2, 0.25) is 5.91 Å². The van der Waals surface area contributed by atoms with E-state index < -0.39 is 0 Å². The number of rotatable bonds is 5. The van der Waals surface area contributed by atoms with Gasteiger partial charge in [0.25, 0.3) is 0 Å². The van der Waals surface area contributed by atoms with Gasteiger partial charge in [-0.15, -0.1) is 12.4 Å². The van der Waals surface area contributed by atoms with Gasteiger partial charge in [-0.25, -0.2) is 9.97 Å². The average molecular weight is 375 g/mol. The van der Waals surface area contributed by atoms with Crippen LogP contribution in [0.15, 0.2) is 36.5 Å². The number of carbonyl (C=O) groups is 1. The fourth-order valence-corrected chi connectivity index (χ4v) is 3.67. The maximum Gasteiger partial charge on any atom is 0.224 e. The van der Waals surface area contributed by atoms with Crippen molar-refractivity contribution in [3.63, 3.8) is 0 Å². The summed E-state index contributed by atoms with van der Waals surface area (Å²) in [4.78, 5) is 21.1. The molecule has 1 aromatic heterocycles. The third-order valence-corrected chi connectivity index (χ3v) is 5.10. The molecule has 0 radical (unpaired) electrons. The molecule has 1 aliphatic carbocycles. The van der Waals surface area contributed by atoms with Gasteiger partial charge in [0.05, 0.1) is 5.69 Å². The number of nitrogens with zero attached hydrogens (tertiary/aromatic N) is 2. The van der Waals surface area contributed by atoms with Crippen LogP contribution in [0.5, 0.6) is 0 Å². The van der Waals surface area contributed by atoms with Crippen molar-refractivity contribution in [2.45, 2.75) is 45.4 Å². The summed E-state index contributed by atoms with van der Waals surface area (Å²) in [6.45, 7) is 2.45. The molecule has 1 saturated carbocycles. The van der Waals surface area contributed by atoms with Crippen LogP contribution in [0, 0.1) is 12.3 Å². The number of benzene rings is 1. The first kappa shape index (κ1) is 20.3. The second-order valence-corrected chi connectivity index (χ2v) is 7.06. The van der Waals surface area contributed by atoms with Gasteiger partial charge in [0, 0.05) is 23.9 Å². The summed E-state index contributed by atoms with van der Waals surface area (Å²) in [5.74, 6) is 0.775. The maximum atomic E-state index is 12.6. The highest BCUT2D eigenvalue weighted by molar-refractivity contribution is 5.91. The van der Waals surface area contributed by atoms with Crippen LogP contribution in [-0.4, -0.2) is 22.4 Å². The molecule has 140 valence electrons. The van der Waals surface area contributed by atoms with E-state index in [4.69, 9.17) is 5.73 Å². The van der Waals surface area contributed by atoms with Crippen molar-refractivity contribution in [3.8, 4) is 11.3 Å². The largest absolute Gasteiger partial charge is 0.330 e. The minimum absolute atomic E-state index is 0. The molecule has 0 bridgehead atoms. The monoisotopic (exact) mass is 374 g/mol. The summed E-state index contributed by atoms with van der Waals surface area (Å²) >= 11 is 0. The van der Waals surface area contributed by atoms with Crippen molar-refractivity contribution in [2.75, 3.05) is 11.9 Å². The van der Waals surface area contributed by atoms with Crippen LogP contribution in [0.1, 0.15) is 44.3 Å². The van der Waals surface area contributed by atoms with E-state index in [-0.39, 0.29) is 23.7 Å². The molecule has 0 atom stereocenters. The molecule has 1 heterocycles. The van der Waals surface area contributed by atoms with Crippen molar-refractivity contribution < 1.29 is 4.79 Å². The zero-order valence-electron chi connectivity index (χ0n) is 15.2. The Morgan fingerprint density at radius 1 is 1.23 bits per heavy atom. The molecule has 0 saturated heterocycles. The highest BCUT2D eigenvalue weighted by Crippen LogP contribution is 2.38. The molecule has 1 aliphatic rings. The molecule has 0 aliphatic heterocycles. The summed E-state index contributed by atoms with van der Waals surface area (Å²) in [6, 6.07) is 9.65. The third-order valence-electron chi connectivity index (χ3n) is 5.10. The smallest absolute Gasteiger partial charge is 0.224 e. The SMILES string of the molecule is Cc1nccc(-c2cccc(NC(=O)CC3(CN)CCCCC3)c2)n1.Cl. The molecule has 3 rings (SSSR count). The van der Waals surface area contributed by atoms with Gasteiger partial charge >= 0.3 is 0 Å². The maximum absolute atomic E-state index is 12.6. The molecule has 2 aromatic rings. The van der Waals surface area contributed by atoms with E-state index in [1.807, 2.05) is 37.3 Å². The van der Waals surface area contributed by atoms with Crippen molar-refractivity contribution in [1.82, 2.24) is 9.97 Å². The molecule has 3 N–H and O–H groups in total. The molecule has 26 heavy (non-hydrogen) atoms. The van der Waals surface area contributed by atoms with E-state index in [1.54, 1.807) is 6.20 Å². The van der Waals surface area contributed by atoms with Gasteiger partial charge in [-0.05, 0) is 49.9 Å². The number of aryl methyl sites for hydroxylation is 1. The Morgan fingerprint density at radius 3 is 2.69 bits per heavy atom. The molecule has 0 unspecified atom stereocenters. The van der Waals surface area contributed by atoms with Crippen LogP contribution in [-0.2, 0) is 4.79 Å². The van der Waals surface area contributed by atoms with Gasteiger partial charge in [0.15, 0.2) is 0 Å². The van der Waals surface area contributed by atoms with E-state index in [9.17, 15) is 4.79 Å². The molecule has 1 aromatic carbocycles. The summed E-state index contributed by atoms with van der Waals surface area (Å²) in [7, 11) is 0. The number of carbonyl (C=O) groups excluding carboxylic acids is 1.